The van der Waals surface area contributed by atoms with Crippen LogP contribution in [0, 0.1) is 6.92 Å². The largest absolute Gasteiger partial charge is 0.395 e. The highest BCUT2D eigenvalue weighted by Crippen LogP contribution is 2.18. The average Bonchev–Trinajstić information content (AvgIpc) is 2.37. The Hall–Kier alpha value is -2.08. The summed E-state index contributed by atoms with van der Waals surface area (Å²) in [6, 6.07) is 6.00. The average molecular weight is 263 g/mol. The van der Waals surface area contributed by atoms with E-state index in [4.69, 9.17) is 16.6 Å². The SMILES string of the molecule is CCN(CCO)c1ccc(C=NN=C(N)N)c(C)c1. The molecule has 0 aliphatic rings. The summed E-state index contributed by atoms with van der Waals surface area (Å²) in [7, 11) is 0. The fraction of sp³-hybridized carbons (Fsp3) is 0.385. The van der Waals surface area contributed by atoms with Crippen LogP contribution >= 0.6 is 0 Å². The van der Waals surface area contributed by atoms with Crippen molar-refractivity contribution < 1.29 is 5.11 Å². The molecule has 5 N–H and O–H groups in total. The van der Waals surface area contributed by atoms with Crippen LogP contribution in [0.2, 0.25) is 0 Å². The summed E-state index contributed by atoms with van der Waals surface area (Å²) in [5.41, 5.74) is 13.5. The maximum Gasteiger partial charge on any atom is 0.211 e. The molecule has 0 saturated carbocycles. The molecule has 0 amide bonds. The number of guanidine groups is 1. The molecule has 0 saturated heterocycles. The van der Waals surface area contributed by atoms with Crippen molar-refractivity contribution in [3.8, 4) is 0 Å². The summed E-state index contributed by atoms with van der Waals surface area (Å²) in [5, 5.41) is 16.4. The van der Waals surface area contributed by atoms with E-state index in [2.05, 4.69) is 28.1 Å². The third-order valence-electron chi connectivity index (χ3n) is 2.74. The molecule has 6 heteroatoms. The first-order valence-corrected chi connectivity index (χ1v) is 6.17. The molecular weight excluding hydrogens is 242 g/mol. The maximum absolute atomic E-state index is 9.02. The van der Waals surface area contributed by atoms with Crippen molar-refractivity contribution in [3.63, 3.8) is 0 Å². The molecule has 0 heterocycles. The molecule has 1 aromatic carbocycles. The van der Waals surface area contributed by atoms with Crippen LogP contribution in [0.1, 0.15) is 18.1 Å². The van der Waals surface area contributed by atoms with Crippen LogP contribution in [0.15, 0.2) is 28.4 Å². The topological polar surface area (TPSA) is 100 Å². The minimum absolute atomic E-state index is 0.0642. The summed E-state index contributed by atoms with van der Waals surface area (Å²) >= 11 is 0. The molecule has 0 fully saturated rings. The van der Waals surface area contributed by atoms with Gasteiger partial charge in [-0.3, -0.25) is 0 Å². The Bertz CT molecular complexity index is 466. The van der Waals surface area contributed by atoms with E-state index in [0.29, 0.717) is 6.54 Å². The van der Waals surface area contributed by atoms with Crippen molar-refractivity contribution in [3.05, 3.63) is 29.3 Å². The Morgan fingerprint density at radius 2 is 2.16 bits per heavy atom. The van der Waals surface area contributed by atoms with Gasteiger partial charge in [-0.1, -0.05) is 6.07 Å². The fourth-order valence-corrected chi connectivity index (χ4v) is 1.75. The van der Waals surface area contributed by atoms with Gasteiger partial charge in [-0.15, -0.1) is 5.10 Å². The third kappa shape index (κ3) is 4.59. The molecular formula is C13H21N5O. The number of likely N-dealkylation sites (N-methyl/N-ethyl adjacent to an activating group) is 1. The van der Waals surface area contributed by atoms with Crippen molar-refractivity contribution in [2.75, 3.05) is 24.6 Å². The minimum Gasteiger partial charge on any atom is -0.395 e. The Balaban J connectivity index is 2.90. The van der Waals surface area contributed by atoms with Crippen LogP contribution < -0.4 is 16.4 Å². The van der Waals surface area contributed by atoms with Gasteiger partial charge in [-0.05, 0) is 37.1 Å². The summed E-state index contributed by atoms with van der Waals surface area (Å²) in [4.78, 5) is 2.10. The number of nitrogens with two attached hydrogens (primary N) is 2. The minimum atomic E-state index is -0.0642. The van der Waals surface area contributed by atoms with E-state index in [1.807, 2.05) is 19.1 Å². The first-order chi connectivity index (χ1) is 9.08. The number of anilines is 1. The maximum atomic E-state index is 9.02. The summed E-state index contributed by atoms with van der Waals surface area (Å²) in [6.07, 6.45) is 1.61. The molecule has 104 valence electrons. The van der Waals surface area contributed by atoms with Gasteiger partial charge in [0.15, 0.2) is 0 Å². The summed E-state index contributed by atoms with van der Waals surface area (Å²) < 4.78 is 0. The van der Waals surface area contributed by atoms with Crippen LogP contribution in [0.25, 0.3) is 0 Å². The van der Waals surface area contributed by atoms with Gasteiger partial charge in [0.25, 0.3) is 0 Å². The highest BCUT2D eigenvalue weighted by molar-refractivity contribution is 5.83. The zero-order chi connectivity index (χ0) is 14.3. The standard InChI is InChI=1S/C13H21N5O/c1-3-18(6-7-19)12-5-4-11(10(2)8-12)9-16-17-13(14)15/h4-5,8-9,19H,3,6-7H2,1-2H3,(H4,14,15,17). The van der Waals surface area contributed by atoms with Gasteiger partial charge in [0.1, 0.15) is 0 Å². The number of aliphatic hydroxyl groups excluding tert-OH is 1. The van der Waals surface area contributed by atoms with Crippen molar-refractivity contribution in [1.82, 2.24) is 0 Å². The molecule has 19 heavy (non-hydrogen) atoms. The quantitative estimate of drug-likeness (QED) is 0.393. The van der Waals surface area contributed by atoms with E-state index in [9.17, 15) is 0 Å². The van der Waals surface area contributed by atoms with Gasteiger partial charge in [-0.25, -0.2) is 0 Å². The number of benzene rings is 1. The molecule has 0 aromatic heterocycles. The zero-order valence-corrected chi connectivity index (χ0v) is 11.4. The molecule has 0 radical (unpaired) electrons. The second-order valence-corrected chi connectivity index (χ2v) is 4.11. The van der Waals surface area contributed by atoms with E-state index in [1.165, 1.54) is 0 Å². The number of rotatable bonds is 6. The van der Waals surface area contributed by atoms with Gasteiger partial charge in [0.2, 0.25) is 5.96 Å². The lowest BCUT2D eigenvalue weighted by atomic mass is 10.1. The van der Waals surface area contributed by atoms with E-state index in [-0.39, 0.29) is 12.6 Å². The number of nitrogens with zero attached hydrogens (tertiary/aromatic N) is 3. The predicted molar refractivity (Wildman–Crippen MR) is 79.6 cm³/mol. The summed E-state index contributed by atoms with van der Waals surface area (Å²) in [6.45, 7) is 5.66. The number of aryl methyl sites for hydroxylation is 1. The van der Waals surface area contributed by atoms with Crippen molar-refractivity contribution >= 4 is 17.9 Å². The molecule has 6 nitrogen and oxygen atoms in total. The molecule has 0 aliphatic carbocycles. The van der Waals surface area contributed by atoms with Gasteiger partial charge >= 0.3 is 0 Å². The molecule has 0 unspecified atom stereocenters. The Morgan fingerprint density at radius 1 is 1.42 bits per heavy atom. The van der Waals surface area contributed by atoms with Crippen LogP contribution in [0.4, 0.5) is 5.69 Å². The van der Waals surface area contributed by atoms with Gasteiger partial charge < -0.3 is 21.5 Å². The van der Waals surface area contributed by atoms with Crippen molar-refractivity contribution in [1.29, 1.82) is 0 Å². The number of hydrogen-bond donors (Lipinski definition) is 3. The highest BCUT2D eigenvalue weighted by atomic mass is 16.3. The monoisotopic (exact) mass is 263 g/mol. The lowest BCUT2D eigenvalue weighted by molar-refractivity contribution is 0.302. The molecule has 0 aliphatic heterocycles. The first-order valence-electron chi connectivity index (χ1n) is 6.17. The lowest BCUT2D eigenvalue weighted by Gasteiger charge is -2.22. The highest BCUT2D eigenvalue weighted by Gasteiger charge is 2.05. The Labute approximate surface area is 113 Å². The van der Waals surface area contributed by atoms with Crippen LogP contribution in [-0.4, -0.2) is 37.0 Å². The Kier molecular flexibility index (Phi) is 5.81. The molecule has 0 atom stereocenters. The van der Waals surface area contributed by atoms with E-state index >= 15 is 0 Å². The predicted octanol–water partition coefficient (Wildman–Crippen LogP) is 0.421. The summed E-state index contributed by atoms with van der Waals surface area (Å²) in [5.74, 6) is -0.0642. The van der Waals surface area contributed by atoms with E-state index in [0.717, 1.165) is 23.4 Å². The van der Waals surface area contributed by atoms with E-state index in [1.54, 1.807) is 6.21 Å². The van der Waals surface area contributed by atoms with Gasteiger partial charge in [0.05, 0.1) is 12.8 Å². The molecule has 1 rings (SSSR count). The van der Waals surface area contributed by atoms with E-state index < -0.39 is 0 Å². The molecule has 1 aromatic rings. The molecule has 0 spiro atoms. The Morgan fingerprint density at radius 3 is 2.68 bits per heavy atom. The van der Waals surface area contributed by atoms with Crippen LogP contribution in [-0.2, 0) is 0 Å². The molecule has 0 bridgehead atoms. The second-order valence-electron chi connectivity index (χ2n) is 4.11. The zero-order valence-electron chi connectivity index (χ0n) is 11.4. The lowest BCUT2D eigenvalue weighted by Crippen LogP contribution is -2.26. The number of aliphatic hydroxyl groups is 1. The smallest absolute Gasteiger partial charge is 0.211 e. The first kappa shape index (κ1) is 15.0. The number of hydrogen-bond acceptors (Lipinski definition) is 4. The van der Waals surface area contributed by atoms with Gasteiger partial charge in [0, 0.05) is 18.8 Å². The van der Waals surface area contributed by atoms with Crippen molar-refractivity contribution in [2.45, 2.75) is 13.8 Å². The van der Waals surface area contributed by atoms with Gasteiger partial charge in [-0.2, -0.15) is 5.10 Å². The normalized spacial score (nSPS) is 10.7. The van der Waals surface area contributed by atoms with Crippen LogP contribution in [0.5, 0.6) is 0 Å². The third-order valence-corrected chi connectivity index (χ3v) is 2.74. The van der Waals surface area contributed by atoms with Crippen molar-refractivity contribution in [2.24, 2.45) is 21.7 Å². The van der Waals surface area contributed by atoms with Crippen LogP contribution in [0.3, 0.4) is 0 Å². The fourth-order valence-electron chi connectivity index (χ4n) is 1.75. The second kappa shape index (κ2) is 7.38.